The van der Waals surface area contributed by atoms with Crippen LogP contribution in [0.5, 0.6) is 5.75 Å². The van der Waals surface area contributed by atoms with Gasteiger partial charge in [-0.1, -0.05) is 0 Å². The van der Waals surface area contributed by atoms with Crippen molar-refractivity contribution < 1.29 is 24.2 Å². The molecular weight excluding hydrogens is 264 g/mol. The summed E-state index contributed by atoms with van der Waals surface area (Å²) in [6.45, 7) is 1.55. The van der Waals surface area contributed by atoms with Gasteiger partial charge in [0.2, 0.25) is 0 Å². The number of carbonyl (C=O) groups is 2. The van der Waals surface area contributed by atoms with Crippen LogP contribution in [0.3, 0.4) is 0 Å². The van der Waals surface area contributed by atoms with E-state index in [1.165, 1.54) is 25.3 Å². The highest BCUT2D eigenvalue weighted by Crippen LogP contribution is 2.23. The van der Waals surface area contributed by atoms with Crippen molar-refractivity contribution in [3.63, 3.8) is 0 Å². The minimum atomic E-state index is -1.12. The second-order valence-corrected chi connectivity index (χ2v) is 4.27. The molecule has 3 N–H and O–H groups in total. The lowest BCUT2D eigenvalue weighted by Gasteiger charge is -2.23. The molecule has 1 heterocycles. The Balaban J connectivity index is 2.17. The number of anilines is 1. The number of carboxylic acids is 1. The molecule has 1 saturated heterocycles. The molecule has 1 aliphatic rings. The van der Waals surface area contributed by atoms with Gasteiger partial charge in [0.05, 0.1) is 25.0 Å². The number of methoxy groups -OCH3 is 1. The van der Waals surface area contributed by atoms with Crippen LogP contribution in [0.2, 0.25) is 0 Å². The summed E-state index contributed by atoms with van der Waals surface area (Å²) in [6.07, 6.45) is -0.628. The highest BCUT2D eigenvalue weighted by Gasteiger charge is 2.23. The molecule has 7 heteroatoms. The number of carboxylic acid groups (broad SMARTS) is 1. The van der Waals surface area contributed by atoms with Crippen LogP contribution >= 0.6 is 0 Å². The fraction of sp³-hybridized carbons (Fsp3) is 0.385. The number of benzene rings is 1. The maximum atomic E-state index is 12.0. The fourth-order valence-electron chi connectivity index (χ4n) is 1.89. The van der Waals surface area contributed by atoms with Gasteiger partial charge < -0.3 is 25.2 Å². The van der Waals surface area contributed by atoms with E-state index in [1.54, 1.807) is 0 Å². The molecule has 1 unspecified atom stereocenters. The summed E-state index contributed by atoms with van der Waals surface area (Å²) in [7, 11) is 1.47. The Bertz CT molecular complexity index is 511. The number of amides is 1. The molecule has 1 aliphatic heterocycles. The number of carbonyl (C=O) groups excluding carboxylic acids is 1. The topological polar surface area (TPSA) is 96.9 Å². The van der Waals surface area contributed by atoms with E-state index < -0.39 is 12.1 Å². The first-order valence-electron chi connectivity index (χ1n) is 6.16. The first kappa shape index (κ1) is 14.3. The molecule has 1 amide bonds. The van der Waals surface area contributed by atoms with E-state index in [2.05, 4.69) is 10.6 Å². The van der Waals surface area contributed by atoms with Gasteiger partial charge in [-0.3, -0.25) is 4.79 Å². The van der Waals surface area contributed by atoms with Crippen LogP contribution < -0.4 is 15.4 Å². The molecule has 0 saturated carbocycles. The summed E-state index contributed by atoms with van der Waals surface area (Å²) in [5.41, 5.74) is 0.193. The highest BCUT2D eigenvalue weighted by molar-refractivity contribution is 6.02. The third kappa shape index (κ3) is 3.25. The van der Waals surface area contributed by atoms with E-state index in [0.29, 0.717) is 25.4 Å². The van der Waals surface area contributed by atoms with Gasteiger partial charge in [0.1, 0.15) is 11.9 Å². The van der Waals surface area contributed by atoms with E-state index >= 15 is 0 Å². The Kier molecular flexibility index (Phi) is 4.54. The van der Waals surface area contributed by atoms with Crippen molar-refractivity contribution in [3.8, 4) is 5.75 Å². The zero-order valence-electron chi connectivity index (χ0n) is 11.0. The van der Waals surface area contributed by atoms with Gasteiger partial charge in [-0.2, -0.15) is 0 Å². The molecule has 1 fully saturated rings. The quantitative estimate of drug-likeness (QED) is 0.735. The van der Waals surface area contributed by atoms with E-state index in [9.17, 15) is 9.59 Å². The first-order chi connectivity index (χ1) is 9.61. The Hall–Kier alpha value is -2.12. The molecular formula is C13H16N2O5. The van der Waals surface area contributed by atoms with Crippen LogP contribution in [0.1, 0.15) is 10.4 Å². The second kappa shape index (κ2) is 6.36. The normalized spacial score (nSPS) is 18.4. The van der Waals surface area contributed by atoms with Gasteiger partial charge >= 0.3 is 5.97 Å². The predicted octanol–water partition coefficient (Wildman–Crippen LogP) is 0.320. The first-order valence-corrected chi connectivity index (χ1v) is 6.16. The van der Waals surface area contributed by atoms with Gasteiger partial charge in [-0.05, 0) is 12.1 Å². The van der Waals surface area contributed by atoms with Gasteiger partial charge in [-0.15, -0.1) is 0 Å². The maximum absolute atomic E-state index is 12.0. The van der Waals surface area contributed by atoms with Gasteiger partial charge in [0.15, 0.2) is 0 Å². The average Bonchev–Trinajstić information content (AvgIpc) is 2.47. The monoisotopic (exact) mass is 280 g/mol. The second-order valence-electron chi connectivity index (χ2n) is 4.27. The van der Waals surface area contributed by atoms with Crippen LogP contribution in [0.4, 0.5) is 5.69 Å². The van der Waals surface area contributed by atoms with Crippen molar-refractivity contribution in [2.45, 2.75) is 6.10 Å². The third-order valence-electron chi connectivity index (χ3n) is 2.94. The Morgan fingerprint density at radius 2 is 2.30 bits per heavy atom. The van der Waals surface area contributed by atoms with Crippen molar-refractivity contribution in [2.75, 3.05) is 32.1 Å². The number of hydrogen-bond donors (Lipinski definition) is 3. The number of ether oxygens (including phenoxy) is 2. The van der Waals surface area contributed by atoms with Crippen molar-refractivity contribution in [1.82, 2.24) is 5.32 Å². The summed E-state index contributed by atoms with van der Waals surface area (Å²) in [4.78, 5) is 23.2. The number of nitrogens with one attached hydrogen (secondary N) is 2. The van der Waals surface area contributed by atoms with Crippen LogP contribution in [0, 0.1) is 0 Å². The van der Waals surface area contributed by atoms with E-state index in [1.807, 2.05) is 0 Å². The molecule has 108 valence electrons. The molecule has 0 aromatic heterocycles. The largest absolute Gasteiger partial charge is 0.497 e. The van der Waals surface area contributed by atoms with Crippen LogP contribution in [0.15, 0.2) is 18.2 Å². The summed E-state index contributed by atoms with van der Waals surface area (Å²) in [5, 5.41) is 14.7. The summed E-state index contributed by atoms with van der Waals surface area (Å²) >= 11 is 0. The molecule has 0 bridgehead atoms. The minimum Gasteiger partial charge on any atom is -0.497 e. The molecule has 7 nitrogen and oxygen atoms in total. The highest BCUT2D eigenvalue weighted by atomic mass is 16.5. The van der Waals surface area contributed by atoms with Crippen LogP contribution in [-0.2, 0) is 9.53 Å². The molecule has 2 rings (SSSR count). The zero-order valence-corrected chi connectivity index (χ0v) is 11.0. The molecule has 0 aliphatic carbocycles. The maximum Gasteiger partial charge on any atom is 0.337 e. The Labute approximate surface area is 115 Å². The Morgan fingerprint density at radius 1 is 1.50 bits per heavy atom. The van der Waals surface area contributed by atoms with Crippen molar-refractivity contribution in [3.05, 3.63) is 23.8 Å². The molecule has 0 radical (unpaired) electrons. The lowest BCUT2D eigenvalue weighted by atomic mass is 10.1. The van der Waals surface area contributed by atoms with Gasteiger partial charge in [0, 0.05) is 19.2 Å². The standard InChI is InChI=1S/C13H16N2O5/c1-19-8-2-3-9(13(17)18)10(6-8)15-12(16)11-7-14-4-5-20-11/h2-3,6,11,14H,4-5,7H2,1H3,(H,15,16)(H,17,18). The summed E-state index contributed by atoms with van der Waals surface area (Å²) < 4.78 is 10.3. The van der Waals surface area contributed by atoms with Gasteiger partial charge in [-0.25, -0.2) is 4.79 Å². The van der Waals surface area contributed by atoms with Gasteiger partial charge in [0.25, 0.3) is 5.91 Å². The van der Waals surface area contributed by atoms with Crippen LogP contribution in [0.25, 0.3) is 0 Å². The SMILES string of the molecule is COc1ccc(C(=O)O)c(NC(=O)C2CNCCO2)c1. The average molecular weight is 280 g/mol. The lowest BCUT2D eigenvalue weighted by molar-refractivity contribution is -0.128. The minimum absolute atomic E-state index is 0.00270. The zero-order chi connectivity index (χ0) is 14.5. The van der Waals surface area contributed by atoms with E-state index in [-0.39, 0.29) is 17.2 Å². The fourth-order valence-corrected chi connectivity index (χ4v) is 1.89. The van der Waals surface area contributed by atoms with Crippen molar-refractivity contribution >= 4 is 17.6 Å². The molecule has 20 heavy (non-hydrogen) atoms. The smallest absolute Gasteiger partial charge is 0.337 e. The molecule has 1 aromatic carbocycles. The Morgan fingerprint density at radius 3 is 2.90 bits per heavy atom. The number of rotatable bonds is 4. The number of morpholine rings is 1. The number of aromatic carboxylic acids is 1. The molecule has 1 atom stereocenters. The van der Waals surface area contributed by atoms with Crippen molar-refractivity contribution in [1.29, 1.82) is 0 Å². The van der Waals surface area contributed by atoms with Crippen molar-refractivity contribution in [2.24, 2.45) is 0 Å². The van der Waals surface area contributed by atoms with E-state index in [4.69, 9.17) is 14.6 Å². The van der Waals surface area contributed by atoms with E-state index in [0.717, 1.165) is 0 Å². The summed E-state index contributed by atoms with van der Waals surface area (Å²) in [5.74, 6) is -1.04. The molecule has 0 spiro atoms. The number of hydrogen-bond acceptors (Lipinski definition) is 5. The summed E-state index contributed by atoms with van der Waals surface area (Å²) in [6, 6.07) is 4.38. The van der Waals surface area contributed by atoms with Crippen LogP contribution in [-0.4, -0.2) is 49.9 Å². The third-order valence-corrected chi connectivity index (χ3v) is 2.94. The predicted molar refractivity (Wildman–Crippen MR) is 71.2 cm³/mol. The lowest BCUT2D eigenvalue weighted by Crippen LogP contribution is -2.45. The molecule has 1 aromatic rings.